The number of hydrogen-bond donors (Lipinski definition) is 0. The minimum atomic E-state index is 0.781. The lowest BCUT2D eigenvalue weighted by molar-refractivity contribution is 1.15. The quantitative estimate of drug-likeness (QED) is 0.671. The van der Waals surface area contributed by atoms with Crippen LogP contribution in [0.5, 0.6) is 0 Å². The molecular formula is C17H16S. The van der Waals surface area contributed by atoms with Crippen molar-refractivity contribution >= 4 is 17.3 Å². The van der Waals surface area contributed by atoms with Gasteiger partial charge in [-0.15, -0.1) is 0 Å². The fourth-order valence-electron chi connectivity index (χ4n) is 2.06. The van der Waals surface area contributed by atoms with E-state index in [0.717, 1.165) is 5.92 Å². The molecule has 0 aromatic heterocycles. The van der Waals surface area contributed by atoms with Gasteiger partial charge in [-0.1, -0.05) is 60.3 Å². The summed E-state index contributed by atoms with van der Waals surface area (Å²) >= 11 is 1.83. The van der Waals surface area contributed by atoms with Crippen LogP contribution in [-0.2, 0) is 0 Å². The Bertz CT molecular complexity index is 524. The van der Waals surface area contributed by atoms with Gasteiger partial charge < -0.3 is 0 Å². The molecule has 0 bridgehead atoms. The molecule has 0 saturated heterocycles. The van der Waals surface area contributed by atoms with Crippen molar-refractivity contribution in [2.45, 2.75) is 17.7 Å². The zero-order valence-corrected chi connectivity index (χ0v) is 11.1. The minimum absolute atomic E-state index is 0.781. The lowest BCUT2D eigenvalue weighted by Crippen LogP contribution is -1.85. The maximum absolute atomic E-state index is 2.34. The average molecular weight is 252 g/mol. The topological polar surface area (TPSA) is 0 Å². The maximum Gasteiger partial charge on any atom is 0.0116 e. The fourth-order valence-corrected chi connectivity index (χ4v) is 2.96. The van der Waals surface area contributed by atoms with E-state index >= 15 is 0 Å². The molecule has 3 rings (SSSR count). The smallest absolute Gasteiger partial charge is 0.0116 e. The molecular weight excluding hydrogens is 236 g/mol. The van der Waals surface area contributed by atoms with Crippen LogP contribution in [0.2, 0.25) is 0 Å². The molecule has 1 aliphatic carbocycles. The SMILES string of the molecule is C(/Sc1ccccc1)=C(\c1ccccc1)C1CC1. The molecule has 0 atom stereocenters. The van der Waals surface area contributed by atoms with Gasteiger partial charge in [-0.3, -0.25) is 0 Å². The summed E-state index contributed by atoms with van der Waals surface area (Å²) in [7, 11) is 0. The molecule has 1 heteroatoms. The van der Waals surface area contributed by atoms with Crippen molar-refractivity contribution < 1.29 is 0 Å². The minimum Gasteiger partial charge on any atom is -0.0978 e. The highest BCUT2D eigenvalue weighted by Gasteiger charge is 2.26. The number of rotatable bonds is 4. The molecule has 18 heavy (non-hydrogen) atoms. The highest BCUT2D eigenvalue weighted by Crippen LogP contribution is 2.43. The van der Waals surface area contributed by atoms with Crippen LogP contribution in [0.15, 0.2) is 71.0 Å². The average Bonchev–Trinajstić information content (AvgIpc) is 3.26. The molecule has 0 amide bonds. The Morgan fingerprint density at radius 2 is 1.50 bits per heavy atom. The zero-order chi connectivity index (χ0) is 12.2. The molecule has 1 aliphatic rings. The van der Waals surface area contributed by atoms with Crippen molar-refractivity contribution in [2.75, 3.05) is 0 Å². The Hall–Kier alpha value is -1.47. The standard InChI is InChI=1S/C17H16S/c1-3-7-14(8-4-1)17(15-11-12-15)13-18-16-9-5-2-6-10-16/h1-10,13,15H,11-12H2/b17-13-. The Kier molecular flexibility index (Phi) is 3.51. The molecule has 0 spiro atoms. The van der Waals surface area contributed by atoms with Gasteiger partial charge in [-0.25, -0.2) is 0 Å². The lowest BCUT2D eigenvalue weighted by Gasteiger charge is -2.06. The van der Waals surface area contributed by atoms with Crippen LogP contribution in [0.4, 0.5) is 0 Å². The first-order valence-corrected chi connectivity index (χ1v) is 7.28. The summed E-state index contributed by atoms with van der Waals surface area (Å²) in [5.74, 6) is 0.781. The first-order chi connectivity index (χ1) is 8.93. The molecule has 0 unspecified atom stereocenters. The van der Waals surface area contributed by atoms with Gasteiger partial charge in [0.1, 0.15) is 0 Å². The molecule has 2 aromatic carbocycles. The predicted molar refractivity (Wildman–Crippen MR) is 79.4 cm³/mol. The Balaban J connectivity index is 1.82. The normalized spacial score (nSPS) is 15.7. The monoisotopic (exact) mass is 252 g/mol. The van der Waals surface area contributed by atoms with E-state index in [-0.39, 0.29) is 0 Å². The van der Waals surface area contributed by atoms with Crippen molar-refractivity contribution in [3.8, 4) is 0 Å². The lowest BCUT2D eigenvalue weighted by atomic mass is 10.0. The first kappa shape index (κ1) is 11.6. The van der Waals surface area contributed by atoms with E-state index in [1.807, 2.05) is 11.8 Å². The molecule has 1 fully saturated rings. The third kappa shape index (κ3) is 2.85. The van der Waals surface area contributed by atoms with Crippen LogP contribution < -0.4 is 0 Å². The number of hydrogen-bond acceptors (Lipinski definition) is 1. The molecule has 1 saturated carbocycles. The Morgan fingerprint density at radius 1 is 0.889 bits per heavy atom. The fraction of sp³-hybridized carbons (Fsp3) is 0.176. The molecule has 2 aromatic rings. The van der Waals surface area contributed by atoms with Gasteiger partial charge in [-0.2, -0.15) is 0 Å². The molecule has 0 aliphatic heterocycles. The second-order valence-corrected chi connectivity index (χ2v) is 5.59. The van der Waals surface area contributed by atoms with E-state index in [9.17, 15) is 0 Å². The molecule has 0 heterocycles. The van der Waals surface area contributed by atoms with Crippen LogP contribution >= 0.6 is 11.8 Å². The second kappa shape index (κ2) is 5.45. The molecule has 90 valence electrons. The van der Waals surface area contributed by atoms with Crippen LogP contribution in [0, 0.1) is 5.92 Å². The first-order valence-electron chi connectivity index (χ1n) is 6.41. The van der Waals surface area contributed by atoms with Crippen LogP contribution in [0.3, 0.4) is 0 Å². The summed E-state index contributed by atoms with van der Waals surface area (Å²) in [5.41, 5.74) is 2.88. The Labute approximate surface area is 113 Å². The second-order valence-electron chi connectivity index (χ2n) is 4.64. The molecule has 0 radical (unpaired) electrons. The summed E-state index contributed by atoms with van der Waals surface area (Å²) in [5, 5.41) is 2.34. The third-order valence-electron chi connectivity index (χ3n) is 3.19. The van der Waals surface area contributed by atoms with E-state index in [2.05, 4.69) is 66.1 Å². The van der Waals surface area contributed by atoms with E-state index in [0.29, 0.717) is 0 Å². The van der Waals surface area contributed by atoms with E-state index in [1.54, 1.807) is 0 Å². The summed E-state index contributed by atoms with van der Waals surface area (Å²) < 4.78 is 0. The van der Waals surface area contributed by atoms with Crippen molar-refractivity contribution in [1.29, 1.82) is 0 Å². The van der Waals surface area contributed by atoms with E-state index in [1.165, 1.54) is 28.9 Å². The highest BCUT2D eigenvalue weighted by molar-refractivity contribution is 8.02. The molecule has 0 N–H and O–H groups in total. The summed E-state index contributed by atoms with van der Waals surface area (Å²) in [6, 6.07) is 21.3. The van der Waals surface area contributed by atoms with Gasteiger partial charge in [0.15, 0.2) is 0 Å². The van der Waals surface area contributed by atoms with Crippen molar-refractivity contribution in [3.05, 3.63) is 71.6 Å². The largest absolute Gasteiger partial charge is 0.0978 e. The maximum atomic E-state index is 2.34. The summed E-state index contributed by atoms with van der Waals surface area (Å²) in [4.78, 5) is 1.31. The van der Waals surface area contributed by atoms with Crippen LogP contribution in [0.25, 0.3) is 5.57 Å². The summed E-state index contributed by atoms with van der Waals surface area (Å²) in [6.07, 6.45) is 2.69. The van der Waals surface area contributed by atoms with Crippen molar-refractivity contribution in [1.82, 2.24) is 0 Å². The van der Waals surface area contributed by atoms with E-state index in [4.69, 9.17) is 0 Å². The van der Waals surface area contributed by atoms with Gasteiger partial charge in [0, 0.05) is 4.90 Å². The van der Waals surface area contributed by atoms with Gasteiger partial charge in [0.05, 0.1) is 0 Å². The summed E-state index contributed by atoms with van der Waals surface area (Å²) in [6.45, 7) is 0. The van der Waals surface area contributed by atoms with Gasteiger partial charge in [0.25, 0.3) is 0 Å². The van der Waals surface area contributed by atoms with Crippen LogP contribution in [0.1, 0.15) is 18.4 Å². The van der Waals surface area contributed by atoms with Gasteiger partial charge in [0.2, 0.25) is 0 Å². The van der Waals surface area contributed by atoms with Crippen molar-refractivity contribution in [2.24, 2.45) is 5.92 Å². The Morgan fingerprint density at radius 3 is 2.11 bits per heavy atom. The van der Waals surface area contributed by atoms with Crippen LogP contribution in [-0.4, -0.2) is 0 Å². The zero-order valence-electron chi connectivity index (χ0n) is 10.3. The van der Waals surface area contributed by atoms with Crippen molar-refractivity contribution in [3.63, 3.8) is 0 Å². The third-order valence-corrected chi connectivity index (χ3v) is 4.11. The number of thioether (sulfide) groups is 1. The predicted octanol–water partition coefficient (Wildman–Crippen LogP) is 5.23. The highest BCUT2D eigenvalue weighted by atomic mass is 32.2. The van der Waals surface area contributed by atoms with Gasteiger partial charge in [-0.05, 0) is 47.4 Å². The molecule has 0 nitrogen and oxygen atoms in total. The number of allylic oxidation sites excluding steroid dienone is 1. The van der Waals surface area contributed by atoms with E-state index < -0.39 is 0 Å². The van der Waals surface area contributed by atoms with Gasteiger partial charge >= 0.3 is 0 Å². The number of benzene rings is 2.